The first kappa shape index (κ1) is 19.2. The van der Waals surface area contributed by atoms with Gasteiger partial charge < -0.3 is 4.74 Å². The summed E-state index contributed by atoms with van der Waals surface area (Å²) in [5.74, 6) is 1.37. The number of rotatable bonds is 5. The molecule has 0 aliphatic carbocycles. The number of nitrogens with zero attached hydrogens (tertiary/aromatic N) is 3. The zero-order valence-corrected chi connectivity index (χ0v) is 16.9. The highest BCUT2D eigenvalue weighted by molar-refractivity contribution is 6.36. The summed E-state index contributed by atoms with van der Waals surface area (Å²) in [7, 11) is 1.64. The molecule has 4 aromatic rings. The zero-order chi connectivity index (χ0) is 20.2. The van der Waals surface area contributed by atoms with Crippen molar-refractivity contribution in [2.24, 2.45) is 5.10 Å². The first-order valence-electron chi connectivity index (χ1n) is 8.78. The zero-order valence-electron chi connectivity index (χ0n) is 15.4. The van der Waals surface area contributed by atoms with Gasteiger partial charge >= 0.3 is 0 Å². The van der Waals surface area contributed by atoms with E-state index in [9.17, 15) is 0 Å². The minimum absolute atomic E-state index is 0.520. The lowest BCUT2D eigenvalue weighted by molar-refractivity contribution is 0.415. The average molecular weight is 423 g/mol. The topological polar surface area (TPSA) is 59.4 Å². The molecular formula is C22H16Cl2N4O. The van der Waals surface area contributed by atoms with Crippen LogP contribution in [0.5, 0.6) is 5.75 Å². The molecule has 2 aromatic heterocycles. The van der Waals surface area contributed by atoms with E-state index in [1.807, 2.05) is 42.5 Å². The van der Waals surface area contributed by atoms with Crippen LogP contribution in [0.4, 0.5) is 5.82 Å². The van der Waals surface area contributed by atoms with Crippen molar-refractivity contribution < 1.29 is 4.74 Å². The molecule has 1 N–H and O–H groups in total. The molecule has 2 aromatic carbocycles. The van der Waals surface area contributed by atoms with Crippen LogP contribution < -0.4 is 10.2 Å². The monoisotopic (exact) mass is 422 g/mol. The van der Waals surface area contributed by atoms with Gasteiger partial charge in [-0.3, -0.25) is 5.43 Å². The van der Waals surface area contributed by atoms with Crippen molar-refractivity contribution in [1.29, 1.82) is 0 Å². The Bertz CT molecular complexity index is 1190. The highest BCUT2D eigenvalue weighted by atomic mass is 35.5. The second-order valence-corrected chi connectivity index (χ2v) is 7.04. The van der Waals surface area contributed by atoms with Gasteiger partial charge in [0, 0.05) is 27.7 Å². The molecule has 0 fully saturated rings. The van der Waals surface area contributed by atoms with Gasteiger partial charge in [-0.1, -0.05) is 41.4 Å². The predicted molar refractivity (Wildman–Crippen MR) is 119 cm³/mol. The van der Waals surface area contributed by atoms with Crippen LogP contribution in [0.3, 0.4) is 0 Å². The van der Waals surface area contributed by atoms with Crippen molar-refractivity contribution in [3.8, 4) is 16.9 Å². The number of nitrogens with one attached hydrogen (secondary N) is 1. The number of methoxy groups -OCH3 is 1. The minimum atomic E-state index is 0.520. The molecule has 0 saturated heterocycles. The minimum Gasteiger partial charge on any atom is -0.497 e. The Morgan fingerprint density at radius 2 is 1.86 bits per heavy atom. The molecule has 0 saturated carbocycles. The largest absolute Gasteiger partial charge is 0.497 e. The predicted octanol–water partition coefficient (Wildman–Crippen LogP) is 6.06. The number of hydrazone groups is 1. The van der Waals surface area contributed by atoms with Crippen LogP contribution in [0.1, 0.15) is 5.56 Å². The van der Waals surface area contributed by atoms with E-state index >= 15 is 0 Å². The summed E-state index contributed by atoms with van der Waals surface area (Å²) in [5.41, 5.74) is 6.27. The first-order chi connectivity index (χ1) is 14.1. The number of pyridine rings is 2. The molecule has 0 unspecified atom stereocenters. The molecule has 0 aliphatic heterocycles. The van der Waals surface area contributed by atoms with Crippen LogP contribution in [0.2, 0.25) is 10.0 Å². The number of benzene rings is 2. The maximum atomic E-state index is 6.20. The van der Waals surface area contributed by atoms with E-state index in [2.05, 4.69) is 20.5 Å². The number of ether oxygens (including phenoxy) is 1. The lowest BCUT2D eigenvalue weighted by Gasteiger charge is -2.10. The quantitative estimate of drug-likeness (QED) is 0.313. The van der Waals surface area contributed by atoms with Crippen LogP contribution in [-0.2, 0) is 0 Å². The Balaban J connectivity index is 1.72. The second-order valence-electron chi connectivity index (χ2n) is 6.20. The fourth-order valence-corrected chi connectivity index (χ4v) is 3.31. The van der Waals surface area contributed by atoms with Gasteiger partial charge in [0.2, 0.25) is 0 Å². The third kappa shape index (κ3) is 4.31. The van der Waals surface area contributed by atoms with E-state index in [4.69, 9.17) is 27.9 Å². The van der Waals surface area contributed by atoms with Crippen molar-refractivity contribution >= 4 is 46.3 Å². The standard InChI is InChI=1S/C22H16Cl2N4O/c1-29-18-8-5-14(6-9-18)19-11-15-3-2-10-25-21(15)27-22(19)28-26-13-16-4-7-17(23)12-20(16)24/h2-13H,1H3,(H,25,27,28)/b26-13+. The summed E-state index contributed by atoms with van der Waals surface area (Å²) >= 11 is 12.1. The molecule has 2 heterocycles. The van der Waals surface area contributed by atoms with E-state index in [0.717, 1.165) is 27.8 Å². The summed E-state index contributed by atoms with van der Waals surface area (Å²) in [6.07, 6.45) is 3.34. The fraction of sp³-hybridized carbons (Fsp3) is 0.0455. The molecule has 0 atom stereocenters. The molecule has 29 heavy (non-hydrogen) atoms. The van der Waals surface area contributed by atoms with Crippen molar-refractivity contribution in [1.82, 2.24) is 9.97 Å². The van der Waals surface area contributed by atoms with Gasteiger partial charge in [0.05, 0.1) is 18.3 Å². The smallest absolute Gasteiger partial charge is 0.161 e. The third-order valence-corrected chi connectivity index (χ3v) is 4.89. The normalized spacial score (nSPS) is 11.1. The molecule has 5 nitrogen and oxygen atoms in total. The van der Waals surface area contributed by atoms with Gasteiger partial charge in [0.15, 0.2) is 11.5 Å². The Labute approximate surface area is 178 Å². The van der Waals surface area contributed by atoms with Crippen LogP contribution in [-0.4, -0.2) is 23.3 Å². The Morgan fingerprint density at radius 3 is 2.62 bits per heavy atom. The highest BCUT2D eigenvalue weighted by Gasteiger charge is 2.10. The van der Waals surface area contributed by atoms with E-state index < -0.39 is 0 Å². The molecule has 0 aliphatic rings. The average Bonchev–Trinajstić information content (AvgIpc) is 2.75. The number of hydrogen-bond donors (Lipinski definition) is 1. The van der Waals surface area contributed by atoms with Crippen molar-refractivity contribution in [3.05, 3.63) is 82.5 Å². The molecule has 0 radical (unpaired) electrons. The molecule has 4 rings (SSSR count). The Hall–Kier alpha value is -3.15. The Morgan fingerprint density at radius 1 is 1.03 bits per heavy atom. The number of anilines is 1. The van der Waals surface area contributed by atoms with Gasteiger partial charge in [0.25, 0.3) is 0 Å². The number of fused-ring (bicyclic) bond motifs is 1. The first-order valence-corrected chi connectivity index (χ1v) is 9.54. The summed E-state index contributed by atoms with van der Waals surface area (Å²) in [4.78, 5) is 8.98. The van der Waals surface area contributed by atoms with Gasteiger partial charge in [-0.05, 0) is 48.0 Å². The number of hydrogen-bond acceptors (Lipinski definition) is 5. The lowest BCUT2D eigenvalue weighted by Crippen LogP contribution is -1.98. The highest BCUT2D eigenvalue weighted by Crippen LogP contribution is 2.31. The van der Waals surface area contributed by atoms with Crippen molar-refractivity contribution in [2.45, 2.75) is 0 Å². The van der Waals surface area contributed by atoms with E-state index in [1.165, 1.54) is 0 Å². The number of aromatic nitrogens is 2. The van der Waals surface area contributed by atoms with Gasteiger partial charge in [-0.15, -0.1) is 0 Å². The number of halogens is 2. The van der Waals surface area contributed by atoms with E-state index in [1.54, 1.807) is 37.7 Å². The van der Waals surface area contributed by atoms with Crippen LogP contribution in [0, 0.1) is 0 Å². The SMILES string of the molecule is COc1ccc(-c2cc3cccnc3nc2N/N=C/c2ccc(Cl)cc2Cl)cc1. The van der Waals surface area contributed by atoms with E-state index in [-0.39, 0.29) is 0 Å². The molecule has 0 amide bonds. The summed E-state index contributed by atoms with van der Waals surface area (Å²) in [6.45, 7) is 0. The van der Waals surface area contributed by atoms with Gasteiger partial charge in [0.1, 0.15) is 5.75 Å². The molecule has 144 valence electrons. The summed E-state index contributed by atoms with van der Waals surface area (Å²) in [6, 6.07) is 18.9. The van der Waals surface area contributed by atoms with Crippen molar-refractivity contribution in [3.63, 3.8) is 0 Å². The van der Waals surface area contributed by atoms with Crippen LogP contribution in [0.25, 0.3) is 22.2 Å². The Kier molecular flexibility index (Phi) is 5.60. The second kappa shape index (κ2) is 8.47. The molecule has 7 heteroatoms. The van der Waals surface area contributed by atoms with Crippen LogP contribution in [0.15, 0.2) is 72.0 Å². The van der Waals surface area contributed by atoms with E-state index in [0.29, 0.717) is 21.5 Å². The molecule has 0 spiro atoms. The maximum Gasteiger partial charge on any atom is 0.161 e. The van der Waals surface area contributed by atoms with Crippen LogP contribution >= 0.6 is 23.2 Å². The molecular weight excluding hydrogens is 407 g/mol. The lowest BCUT2D eigenvalue weighted by atomic mass is 10.0. The van der Waals surface area contributed by atoms with Gasteiger partial charge in [-0.2, -0.15) is 5.10 Å². The fourth-order valence-electron chi connectivity index (χ4n) is 2.85. The third-order valence-electron chi connectivity index (χ3n) is 4.33. The summed E-state index contributed by atoms with van der Waals surface area (Å²) < 4.78 is 5.25. The maximum absolute atomic E-state index is 6.20. The molecule has 0 bridgehead atoms. The van der Waals surface area contributed by atoms with Crippen molar-refractivity contribution in [2.75, 3.05) is 12.5 Å². The summed E-state index contributed by atoms with van der Waals surface area (Å²) in [5, 5.41) is 6.34. The van der Waals surface area contributed by atoms with Gasteiger partial charge in [-0.25, -0.2) is 9.97 Å².